The number of hydrogen-bond acceptors (Lipinski definition) is 4. The summed E-state index contributed by atoms with van der Waals surface area (Å²) in [4.78, 5) is 42.9. The number of alkyl carbamates (subject to hydrolysis) is 1. The molecule has 3 amide bonds. The maximum Gasteiger partial charge on any atom is 0.408 e. The van der Waals surface area contributed by atoms with E-state index in [2.05, 4.69) is 17.6 Å². The Kier molecular flexibility index (Phi) is 13.2. The molecule has 2 atom stereocenters. The van der Waals surface area contributed by atoms with Gasteiger partial charge in [-0.2, -0.15) is 0 Å². The molecule has 2 rings (SSSR count). The van der Waals surface area contributed by atoms with Gasteiger partial charge in [0.15, 0.2) is 0 Å². The standard InChI is InChI=1S/C33H48ClN3O4/c1-9-10-11-12-13-20-37(31(39)27(22(2)3)36-32(40)41-33(6,7)8)29(25-18-14-16-23(4)21-25)30(38)35-28-24(5)17-15-19-26(28)34/h14-19,21-22,27,29H,9-13,20H2,1-8H3,(H,35,38)(H,36,40). The zero-order valence-corrected chi connectivity index (χ0v) is 26.7. The van der Waals surface area contributed by atoms with E-state index in [1.165, 1.54) is 0 Å². The number of carbonyl (C=O) groups excluding carboxylic acids is 3. The fourth-order valence-corrected chi connectivity index (χ4v) is 4.94. The summed E-state index contributed by atoms with van der Waals surface area (Å²) in [6.45, 7) is 15.4. The first-order valence-electron chi connectivity index (χ1n) is 14.7. The Morgan fingerprint density at radius 2 is 1.63 bits per heavy atom. The second kappa shape index (κ2) is 15.8. The molecule has 2 unspecified atom stereocenters. The highest BCUT2D eigenvalue weighted by atomic mass is 35.5. The Bertz CT molecular complexity index is 1160. The number of rotatable bonds is 13. The molecule has 0 aliphatic heterocycles. The predicted molar refractivity (Wildman–Crippen MR) is 167 cm³/mol. The maximum absolute atomic E-state index is 14.3. The van der Waals surface area contributed by atoms with Gasteiger partial charge in [0.2, 0.25) is 5.91 Å². The van der Waals surface area contributed by atoms with Crippen LogP contribution >= 0.6 is 11.6 Å². The average Bonchev–Trinajstić information content (AvgIpc) is 2.87. The molecule has 2 aromatic carbocycles. The molecule has 0 aliphatic rings. The van der Waals surface area contributed by atoms with Crippen molar-refractivity contribution in [2.45, 2.75) is 105 Å². The van der Waals surface area contributed by atoms with Crippen LogP contribution in [-0.4, -0.2) is 41.0 Å². The normalized spacial score (nSPS) is 12.9. The Hall–Kier alpha value is -3.06. The zero-order chi connectivity index (χ0) is 30.7. The highest BCUT2D eigenvalue weighted by Gasteiger charge is 2.37. The van der Waals surface area contributed by atoms with Crippen LogP contribution in [0.5, 0.6) is 0 Å². The first kappa shape index (κ1) is 34.1. The third-order valence-corrected chi connectivity index (χ3v) is 7.09. The average molecular weight is 586 g/mol. The molecule has 0 fully saturated rings. The van der Waals surface area contributed by atoms with Crippen molar-refractivity contribution in [1.82, 2.24) is 10.2 Å². The van der Waals surface area contributed by atoms with Crippen LogP contribution in [0.15, 0.2) is 42.5 Å². The fourth-order valence-electron chi connectivity index (χ4n) is 4.67. The molecule has 0 heterocycles. The number of aryl methyl sites for hydroxylation is 2. The molecule has 0 saturated heterocycles. The van der Waals surface area contributed by atoms with E-state index in [0.29, 0.717) is 22.8 Å². The lowest BCUT2D eigenvalue weighted by Crippen LogP contribution is -2.54. The minimum absolute atomic E-state index is 0.246. The molecule has 0 radical (unpaired) electrons. The monoisotopic (exact) mass is 585 g/mol. The summed E-state index contributed by atoms with van der Waals surface area (Å²) >= 11 is 6.47. The number of ether oxygens (including phenoxy) is 1. The van der Waals surface area contributed by atoms with Crippen LogP contribution in [0.4, 0.5) is 10.5 Å². The second-order valence-corrected chi connectivity index (χ2v) is 12.5. The summed E-state index contributed by atoms with van der Waals surface area (Å²) in [6.07, 6.45) is 4.23. The number of halogens is 1. The molecule has 0 aromatic heterocycles. The Morgan fingerprint density at radius 3 is 2.22 bits per heavy atom. The maximum atomic E-state index is 14.3. The molecular weight excluding hydrogens is 538 g/mol. The number of unbranched alkanes of at least 4 members (excludes halogenated alkanes) is 4. The molecular formula is C33H48ClN3O4. The molecule has 0 spiro atoms. The third-order valence-electron chi connectivity index (χ3n) is 6.78. The van der Waals surface area contributed by atoms with Gasteiger partial charge >= 0.3 is 6.09 Å². The molecule has 2 N–H and O–H groups in total. The molecule has 2 aromatic rings. The quantitative estimate of drug-likeness (QED) is 0.233. The lowest BCUT2D eigenvalue weighted by Gasteiger charge is -2.36. The zero-order valence-electron chi connectivity index (χ0n) is 26.0. The number of nitrogens with zero attached hydrogens (tertiary/aromatic N) is 1. The Labute approximate surface area is 251 Å². The van der Waals surface area contributed by atoms with Crippen molar-refractivity contribution in [1.29, 1.82) is 0 Å². The van der Waals surface area contributed by atoms with Crippen LogP contribution in [0.25, 0.3) is 0 Å². The predicted octanol–water partition coefficient (Wildman–Crippen LogP) is 7.98. The van der Waals surface area contributed by atoms with Gasteiger partial charge < -0.3 is 20.3 Å². The van der Waals surface area contributed by atoms with Crippen molar-refractivity contribution in [3.8, 4) is 0 Å². The van der Waals surface area contributed by atoms with Gasteiger partial charge in [-0.1, -0.05) is 100 Å². The summed E-state index contributed by atoms with van der Waals surface area (Å²) < 4.78 is 5.47. The number of para-hydroxylation sites is 1. The van der Waals surface area contributed by atoms with E-state index in [0.717, 1.165) is 43.2 Å². The van der Waals surface area contributed by atoms with Gasteiger partial charge in [-0.3, -0.25) is 9.59 Å². The Morgan fingerprint density at radius 1 is 0.976 bits per heavy atom. The highest BCUT2D eigenvalue weighted by molar-refractivity contribution is 6.34. The van der Waals surface area contributed by atoms with Crippen molar-refractivity contribution in [2.75, 3.05) is 11.9 Å². The van der Waals surface area contributed by atoms with Crippen LogP contribution in [0.3, 0.4) is 0 Å². The lowest BCUT2D eigenvalue weighted by atomic mass is 9.97. The van der Waals surface area contributed by atoms with Gasteiger partial charge in [0.05, 0.1) is 10.7 Å². The second-order valence-electron chi connectivity index (χ2n) is 12.1. The lowest BCUT2D eigenvalue weighted by molar-refractivity contribution is -0.141. The summed E-state index contributed by atoms with van der Waals surface area (Å²) in [5.74, 6) is -0.947. The first-order chi connectivity index (χ1) is 19.2. The van der Waals surface area contributed by atoms with E-state index in [-0.39, 0.29) is 17.7 Å². The van der Waals surface area contributed by atoms with Crippen LogP contribution in [-0.2, 0) is 14.3 Å². The molecule has 0 saturated carbocycles. The van der Waals surface area contributed by atoms with Gasteiger partial charge in [-0.05, 0) is 64.2 Å². The highest BCUT2D eigenvalue weighted by Crippen LogP contribution is 2.30. The summed E-state index contributed by atoms with van der Waals surface area (Å²) in [5.41, 5.74) is 2.27. The largest absolute Gasteiger partial charge is 0.444 e. The van der Waals surface area contributed by atoms with E-state index in [4.69, 9.17) is 16.3 Å². The number of carbonyl (C=O) groups is 3. The van der Waals surface area contributed by atoms with E-state index in [9.17, 15) is 14.4 Å². The van der Waals surface area contributed by atoms with E-state index in [1.54, 1.807) is 31.7 Å². The summed E-state index contributed by atoms with van der Waals surface area (Å²) in [6, 6.07) is 11.2. The molecule has 41 heavy (non-hydrogen) atoms. The van der Waals surface area contributed by atoms with Gasteiger partial charge in [0.1, 0.15) is 17.7 Å². The number of amides is 3. The third kappa shape index (κ3) is 10.7. The summed E-state index contributed by atoms with van der Waals surface area (Å²) in [7, 11) is 0. The SMILES string of the molecule is CCCCCCCN(C(=O)C(NC(=O)OC(C)(C)C)C(C)C)C(C(=O)Nc1c(C)cccc1Cl)c1cccc(C)c1. The van der Waals surface area contributed by atoms with Crippen molar-refractivity contribution >= 4 is 35.2 Å². The van der Waals surface area contributed by atoms with Gasteiger partial charge in [0, 0.05) is 6.54 Å². The molecule has 7 nitrogen and oxygen atoms in total. The molecule has 0 aliphatic carbocycles. The van der Waals surface area contributed by atoms with Crippen LogP contribution in [0, 0.1) is 19.8 Å². The smallest absolute Gasteiger partial charge is 0.408 e. The topological polar surface area (TPSA) is 87.7 Å². The van der Waals surface area contributed by atoms with Gasteiger partial charge in [-0.15, -0.1) is 0 Å². The minimum atomic E-state index is -0.939. The first-order valence-corrected chi connectivity index (χ1v) is 15.1. The van der Waals surface area contributed by atoms with E-state index in [1.807, 2.05) is 64.1 Å². The van der Waals surface area contributed by atoms with Crippen molar-refractivity contribution in [2.24, 2.45) is 5.92 Å². The number of benzene rings is 2. The molecule has 0 bridgehead atoms. The van der Waals surface area contributed by atoms with Gasteiger partial charge in [-0.25, -0.2) is 4.79 Å². The number of anilines is 1. The number of hydrogen-bond donors (Lipinski definition) is 2. The van der Waals surface area contributed by atoms with E-state index < -0.39 is 23.8 Å². The number of nitrogens with one attached hydrogen (secondary N) is 2. The van der Waals surface area contributed by atoms with Crippen molar-refractivity contribution in [3.63, 3.8) is 0 Å². The van der Waals surface area contributed by atoms with Crippen LogP contribution < -0.4 is 10.6 Å². The van der Waals surface area contributed by atoms with Crippen LogP contribution in [0.2, 0.25) is 5.02 Å². The summed E-state index contributed by atoms with van der Waals surface area (Å²) in [5, 5.41) is 6.21. The molecule has 226 valence electrons. The van der Waals surface area contributed by atoms with Crippen molar-refractivity contribution < 1.29 is 19.1 Å². The minimum Gasteiger partial charge on any atom is -0.444 e. The van der Waals surface area contributed by atoms with Gasteiger partial charge in [0.25, 0.3) is 5.91 Å². The molecule has 8 heteroatoms. The Balaban J connectivity index is 2.56. The van der Waals surface area contributed by atoms with Crippen molar-refractivity contribution in [3.05, 3.63) is 64.2 Å². The van der Waals surface area contributed by atoms with Crippen LogP contribution in [0.1, 0.15) is 96.4 Å². The fraction of sp³-hybridized carbons (Fsp3) is 0.545. The van der Waals surface area contributed by atoms with E-state index >= 15 is 0 Å².